The first-order chi connectivity index (χ1) is 13.5. The SMILES string of the molecule is O=C(N[C@H]1CCCC[C@@H]1O)c1cn(Cc2ccnc(Cl)c2)c2cccc(F)c12. The van der Waals surface area contributed by atoms with Gasteiger partial charge in [0.2, 0.25) is 0 Å². The monoisotopic (exact) mass is 401 g/mol. The number of fused-ring (bicyclic) bond motifs is 1. The number of amides is 1. The number of aliphatic hydroxyl groups excluding tert-OH is 1. The molecule has 1 aromatic carbocycles. The highest BCUT2D eigenvalue weighted by Gasteiger charge is 2.27. The maximum absolute atomic E-state index is 14.6. The van der Waals surface area contributed by atoms with E-state index in [1.807, 2.05) is 10.6 Å². The molecule has 0 bridgehead atoms. The summed E-state index contributed by atoms with van der Waals surface area (Å²) in [6, 6.07) is 8.03. The molecule has 1 fully saturated rings. The third-order valence-corrected chi connectivity index (χ3v) is 5.50. The Bertz CT molecular complexity index is 1020. The Balaban J connectivity index is 1.69. The molecule has 0 unspecified atom stereocenters. The number of aliphatic hydroxyl groups is 1. The number of aromatic nitrogens is 2. The Hall–Kier alpha value is -2.44. The van der Waals surface area contributed by atoms with Crippen LogP contribution in [-0.4, -0.2) is 32.7 Å². The van der Waals surface area contributed by atoms with Gasteiger partial charge in [0.1, 0.15) is 11.0 Å². The van der Waals surface area contributed by atoms with Crippen molar-refractivity contribution in [2.45, 2.75) is 44.4 Å². The fourth-order valence-corrected chi connectivity index (χ4v) is 4.07. The second kappa shape index (κ2) is 7.89. The zero-order valence-corrected chi connectivity index (χ0v) is 16.0. The van der Waals surface area contributed by atoms with Crippen molar-refractivity contribution >= 4 is 28.4 Å². The second-order valence-corrected chi connectivity index (χ2v) is 7.61. The third-order valence-electron chi connectivity index (χ3n) is 5.29. The molecule has 5 nitrogen and oxygen atoms in total. The lowest BCUT2D eigenvalue weighted by atomic mass is 9.92. The molecule has 1 aliphatic carbocycles. The molecule has 2 heterocycles. The molecule has 2 atom stereocenters. The highest BCUT2D eigenvalue weighted by molar-refractivity contribution is 6.29. The molecule has 0 aliphatic heterocycles. The molecule has 4 rings (SSSR count). The first kappa shape index (κ1) is 18.9. The maximum Gasteiger partial charge on any atom is 0.253 e. The van der Waals surface area contributed by atoms with Gasteiger partial charge in [-0.1, -0.05) is 30.5 Å². The van der Waals surface area contributed by atoms with Crippen LogP contribution >= 0.6 is 11.6 Å². The van der Waals surface area contributed by atoms with Crippen LogP contribution in [-0.2, 0) is 6.54 Å². The van der Waals surface area contributed by atoms with E-state index in [9.17, 15) is 14.3 Å². The molecule has 0 radical (unpaired) electrons. The minimum absolute atomic E-state index is 0.269. The van der Waals surface area contributed by atoms with Crippen LogP contribution in [0.3, 0.4) is 0 Å². The zero-order chi connectivity index (χ0) is 19.7. The van der Waals surface area contributed by atoms with Crippen LogP contribution in [0.1, 0.15) is 41.6 Å². The molecule has 3 aromatic rings. The molecule has 28 heavy (non-hydrogen) atoms. The Morgan fingerprint density at radius 1 is 1.32 bits per heavy atom. The molecular weight excluding hydrogens is 381 g/mol. The molecule has 146 valence electrons. The first-order valence-electron chi connectivity index (χ1n) is 9.39. The van der Waals surface area contributed by atoms with E-state index in [1.54, 1.807) is 30.6 Å². The fraction of sp³-hybridized carbons (Fsp3) is 0.333. The van der Waals surface area contributed by atoms with Crippen LogP contribution in [0.25, 0.3) is 10.9 Å². The van der Waals surface area contributed by atoms with Gasteiger partial charge in [0.05, 0.1) is 23.2 Å². The van der Waals surface area contributed by atoms with Gasteiger partial charge in [-0.2, -0.15) is 0 Å². The summed E-state index contributed by atoms with van der Waals surface area (Å²) in [6.45, 7) is 0.432. The van der Waals surface area contributed by atoms with Crippen molar-refractivity contribution < 1.29 is 14.3 Å². The lowest BCUT2D eigenvalue weighted by Crippen LogP contribution is -2.45. The smallest absolute Gasteiger partial charge is 0.253 e. The summed E-state index contributed by atoms with van der Waals surface area (Å²) in [6.07, 6.45) is 6.02. The van der Waals surface area contributed by atoms with Crippen molar-refractivity contribution in [2.24, 2.45) is 0 Å². The van der Waals surface area contributed by atoms with Crippen molar-refractivity contribution in [3.63, 3.8) is 0 Å². The average Bonchev–Trinajstić information content (AvgIpc) is 3.04. The molecule has 1 saturated carbocycles. The van der Waals surface area contributed by atoms with Gasteiger partial charge < -0.3 is 15.0 Å². The topological polar surface area (TPSA) is 67.2 Å². The van der Waals surface area contributed by atoms with Crippen LogP contribution in [0, 0.1) is 5.82 Å². The highest BCUT2D eigenvalue weighted by Crippen LogP contribution is 2.26. The standard InChI is InChI=1S/C21H21ClFN3O2/c22-19-10-13(8-9-24-19)11-26-12-14(20-15(23)4-3-6-17(20)26)21(28)25-16-5-1-2-7-18(16)27/h3-4,6,8-10,12,16,18,27H,1-2,5,7,11H2,(H,25,28)/t16-,18-/m0/s1. The van der Waals surface area contributed by atoms with E-state index < -0.39 is 11.9 Å². The molecule has 2 aromatic heterocycles. The van der Waals surface area contributed by atoms with Crippen LogP contribution in [0.15, 0.2) is 42.7 Å². The van der Waals surface area contributed by atoms with Crippen LogP contribution in [0.5, 0.6) is 0 Å². The number of nitrogens with zero attached hydrogens (tertiary/aromatic N) is 2. The van der Waals surface area contributed by atoms with Crippen molar-refractivity contribution in [1.29, 1.82) is 0 Å². The number of rotatable bonds is 4. The number of benzene rings is 1. The van der Waals surface area contributed by atoms with Crippen molar-refractivity contribution in [1.82, 2.24) is 14.9 Å². The van der Waals surface area contributed by atoms with Gasteiger partial charge >= 0.3 is 0 Å². The number of pyridine rings is 1. The van der Waals surface area contributed by atoms with E-state index in [4.69, 9.17) is 11.6 Å². The summed E-state index contributed by atoms with van der Waals surface area (Å²) in [5, 5.41) is 13.7. The summed E-state index contributed by atoms with van der Waals surface area (Å²) in [5.74, 6) is -0.814. The van der Waals surface area contributed by atoms with Gasteiger partial charge in [0.15, 0.2) is 0 Å². The molecule has 1 amide bonds. The Labute approximate surface area is 167 Å². The molecular formula is C21H21ClFN3O2. The number of hydrogen-bond acceptors (Lipinski definition) is 3. The van der Waals surface area contributed by atoms with Crippen molar-refractivity contribution in [3.8, 4) is 0 Å². The quantitative estimate of drug-likeness (QED) is 0.651. The first-order valence-corrected chi connectivity index (χ1v) is 9.77. The minimum atomic E-state index is -0.560. The van der Waals surface area contributed by atoms with Gasteiger partial charge in [0, 0.05) is 24.3 Å². The van der Waals surface area contributed by atoms with Gasteiger partial charge in [0.25, 0.3) is 5.91 Å². The number of carbonyl (C=O) groups is 1. The van der Waals surface area contributed by atoms with E-state index in [0.29, 0.717) is 23.6 Å². The molecule has 0 spiro atoms. The third kappa shape index (κ3) is 3.75. The molecule has 0 saturated heterocycles. The lowest BCUT2D eigenvalue weighted by molar-refractivity contribution is 0.0718. The summed E-state index contributed by atoms with van der Waals surface area (Å²) >= 11 is 5.96. The Morgan fingerprint density at radius 3 is 2.93 bits per heavy atom. The fourth-order valence-electron chi connectivity index (χ4n) is 3.88. The zero-order valence-electron chi connectivity index (χ0n) is 15.2. The van der Waals surface area contributed by atoms with E-state index in [1.165, 1.54) is 6.07 Å². The van der Waals surface area contributed by atoms with Crippen LogP contribution < -0.4 is 5.32 Å². The predicted octanol–water partition coefficient (Wildman–Crippen LogP) is 3.91. The van der Waals surface area contributed by atoms with E-state index in [2.05, 4.69) is 10.3 Å². The Morgan fingerprint density at radius 2 is 2.14 bits per heavy atom. The van der Waals surface area contributed by atoms with Crippen LogP contribution in [0.4, 0.5) is 4.39 Å². The normalized spacial score (nSPS) is 19.7. The van der Waals surface area contributed by atoms with Crippen molar-refractivity contribution in [3.05, 3.63) is 64.8 Å². The number of hydrogen-bond donors (Lipinski definition) is 2. The lowest BCUT2D eigenvalue weighted by Gasteiger charge is -2.28. The summed E-state index contributed by atoms with van der Waals surface area (Å²) < 4.78 is 16.4. The average molecular weight is 402 g/mol. The summed E-state index contributed by atoms with van der Waals surface area (Å²) in [4.78, 5) is 16.9. The van der Waals surface area contributed by atoms with Gasteiger partial charge in [-0.3, -0.25) is 4.79 Å². The number of halogens is 2. The molecule has 1 aliphatic rings. The minimum Gasteiger partial charge on any atom is -0.391 e. The highest BCUT2D eigenvalue weighted by atomic mass is 35.5. The van der Waals surface area contributed by atoms with Gasteiger partial charge in [-0.25, -0.2) is 9.37 Å². The molecule has 2 N–H and O–H groups in total. The second-order valence-electron chi connectivity index (χ2n) is 7.22. The van der Waals surface area contributed by atoms with Gasteiger partial charge in [-0.05, 0) is 42.7 Å². The van der Waals surface area contributed by atoms with Gasteiger partial charge in [-0.15, -0.1) is 0 Å². The van der Waals surface area contributed by atoms with E-state index >= 15 is 0 Å². The van der Waals surface area contributed by atoms with E-state index in [-0.39, 0.29) is 22.9 Å². The number of nitrogens with one attached hydrogen (secondary N) is 1. The summed E-state index contributed by atoms with van der Waals surface area (Å²) in [5.41, 5.74) is 1.80. The Kier molecular flexibility index (Phi) is 5.33. The largest absolute Gasteiger partial charge is 0.391 e. The van der Waals surface area contributed by atoms with E-state index in [0.717, 1.165) is 24.8 Å². The molecule has 7 heteroatoms. The summed E-state index contributed by atoms with van der Waals surface area (Å²) in [7, 11) is 0. The van der Waals surface area contributed by atoms with Crippen LogP contribution in [0.2, 0.25) is 5.15 Å². The predicted molar refractivity (Wildman–Crippen MR) is 106 cm³/mol. The number of carbonyl (C=O) groups excluding carboxylic acids is 1. The van der Waals surface area contributed by atoms with Crippen molar-refractivity contribution in [2.75, 3.05) is 0 Å². The maximum atomic E-state index is 14.6.